The molecule has 88 valence electrons. The number of carbonyl (C=O) groups is 1. The minimum absolute atomic E-state index is 0.213. The van der Waals surface area contributed by atoms with Crippen molar-refractivity contribution >= 4 is 5.78 Å². The summed E-state index contributed by atoms with van der Waals surface area (Å²) in [6.07, 6.45) is 5.75. The van der Waals surface area contributed by atoms with Crippen molar-refractivity contribution in [3.8, 4) is 0 Å². The smallest absolute Gasteiger partial charge is 0.206 e. The van der Waals surface area contributed by atoms with Crippen molar-refractivity contribution in [2.45, 2.75) is 25.8 Å². The summed E-state index contributed by atoms with van der Waals surface area (Å²) in [6.45, 7) is 0.424. The fraction of sp³-hybridized carbons (Fsp3) is 0.364. The van der Waals surface area contributed by atoms with E-state index in [1.807, 2.05) is 35.2 Å². The van der Waals surface area contributed by atoms with E-state index in [0.717, 1.165) is 6.42 Å². The summed E-state index contributed by atoms with van der Waals surface area (Å²) in [7, 11) is 0. The van der Waals surface area contributed by atoms with Gasteiger partial charge in [0.15, 0.2) is 24.0 Å². The molecule has 0 aromatic carbocycles. The maximum atomic E-state index is 11.7. The van der Waals surface area contributed by atoms with Crippen LogP contribution in [-0.2, 0) is 17.8 Å². The van der Waals surface area contributed by atoms with Crippen molar-refractivity contribution in [1.82, 2.24) is 20.6 Å². The van der Waals surface area contributed by atoms with E-state index in [4.69, 9.17) is 0 Å². The van der Waals surface area contributed by atoms with E-state index in [2.05, 4.69) is 20.6 Å². The molecule has 0 amide bonds. The number of H-pyrrole nitrogens is 1. The number of aryl methyl sites for hydroxylation is 1. The second kappa shape index (κ2) is 5.83. The van der Waals surface area contributed by atoms with Gasteiger partial charge < -0.3 is 0 Å². The summed E-state index contributed by atoms with van der Waals surface area (Å²) < 4.78 is 1.87. The van der Waals surface area contributed by atoms with Gasteiger partial charge in [-0.3, -0.25) is 4.79 Å². The van der Waals surface area contributed by atoms with Gasteiger partial charge in [0.1, 0.15) is 0 Å². The molecule has 0 unspecified atom stereocenters. The van der Waals surface area contributed by atoms with Gasteiger partial charge in [-0.1, -0.05) is 11.3 Å². The summed E-state index contributed by atoms with van der Waals surface area (Å²) in [5.41, 5.74) is 0. The van der Waals surface area contributed by atoms with Gasteiger partial charge in [-0.2, -0.15) is 9.78 Å². The molecule has 6 nitrogen and oxygen atoms in total. The molecule has 0 bridgehead atoms. The first kappa shape index (κ1) is 11.4. The van der Waals surface area contributed by atoms with Crippen LogP contribution in [0.2, 0.25) is 0 Å². The van der Waals surface area contributed by atoms with Crippen LogP contribution in [0.3, 0.4) is 0 Å². The molecular formula is C11H14N5O+. The molecule has 2 rings (SSSR count). The zero-order valence-corrected chi connectivity index (χ0v) is 9.41. The highest BCUT2D eigenvalue weighted by Crippen LogP contribution is 1.98. The Morgan fingerprint density at radius 3 is 2.82 bits per heavy atom. The van der Waals surface area contributed by atoms with E-state index in [0.29, 0.717) is 25.2 Å². The molecule has 0 saturated carbocycles. The maximum Gasteiger partial charge on any atom is 0.206 e. The van der Waals surface area contributed by atoms with Gasteiger partial charge in [-0.05, 0) is 6.42 Å². The lowest BCUT2D eigenvalue weighted by Crippen LogP contribution is -2.36. The van der Waals surface area contributed by atoms with Gasteiger partial charge in [-0.25, -0.2) is 0 Å². The molecule has 0 radical (unpaired) electrons. The van der Waals surface area contributed by atoms with Gasteiger partial charge in [-0.15, -0.1) is 10.2 Å². The second-order valence-corrected chi connectivity index (χ2v) is 3.77. The minimum atomic E-state index is 0.213. The lowest BCUT2D eigenvalue weighted by molar-refractivity contribution is -0.684. The first-order valence-corrected chi connectivity index (χ1v) is 5.53. The number of carbonyl (C=O) groups excluding carboxylic acids is 1. The quantitative estimate of drug-likeness (QED) is 0.716. The largest absolute Gasteiger partial charge is 0.293 e. The molecule has 1 N–H and O–H groups in total. The first-order chi connectivity index (χ1) is 8.34. The first-order valence-electron chi connectivity index (χ1n) is 5.53. The van der Waals surface area contributed by atoms with Gasteiger partial charge in [0.25, 0.3) is 0 Å². The van der Waals surface area contributed by atoms with Crippen molar-refractivity contribution in [3.05, 3.63) is 36.4 Å². The van der Waals surface area contributed by atoms with E-state index < -0.39 is 0 Å². The lowest BCUT2D eigenvalue weighted by Gasteiger charge is -1.96. The third-order valence-corrected chi connectivity index (χ3v) is 2.38. The number of ketones is 1. The number of rotatable bonds is 6. The van der Waals surface area contributed by atoms with Crippen LogP contribution in [-0.4, -0.2) is 26.4 Å². The molecule has 0 saturated heterocycles. The van der Waals surface area contributed by atoms with E-state index in [1.54, 1.807) is 0 Å². The van der Waals surface area contributed by atoms with Crippen molar-refractivity contribution in [3.63, 3.8) is 0 Å². The van der Waals surface area contributed by atoms with Crippen LogP contribution in [0, 0.1) is 0 Å². The Morgan fingerprint density at radius 1 is 1.29 bits per heavy atom. The van der Waals surface area contributed by atoms with E-state index in [1.165, 1.54) is 0 Å². The summed E-state index contributed by atoms with van der Waals surface area (Å²) in [5, 5.41) is 13.5. The van der Waals surface area contributed by atoms with E-state index >= 15 is 0 Å². The number of Topliss-reactive ketones (excluding diaryl/α,β-unsaturated/α-hetero) is 1. The van der Waals surface area contributed by atoms with Gasteiger partial charge in [0.2, 0.25) is 6.54 Å². The van der Waals surface area contributed by atoms with Gasteiger partial charge >= 0.3 is 0 Å². The molecule has 6 heteroatoms. The Morgan fingerprint density at radius 2 is 2.12 bits per heavy atom. The zero-order valence-electron chi connectivity index (χ0n) is 9.41. The van der Waals surface area contributed by atoms with Gasteiger partial charge in [0.05, 0.1) is 0 Å². The molecule has 2 aromatic heterocycles. The fourth-order valence-electron chi connectivity index (χ4n) is 1.55. The summed E-state index contributed by atoms with van der Waals surface area (Å²) in [6, 6.07) is 5.75. The predicted octanol–water partition coefficient (Wildman–Crippen LogP) is 0.0792. The van der Waals surface area contributed by atoms with Crippen LogP contribution >= 0.6 is 0 Å². The number of nitrogens with one attached hydrogen (secondary N) is 1. The molecular weight excluding hydrogens is 218 g/mol. The molecule has 0 aliphatic carbocycles. The highest BCUT2D eigenvalue weighted by molar-refractivity contribution is 5.76. The monoisotopic (exact) mass is 232 g/mol. The Hall–Kier alpha value is -2.11. The Kier molecular flexibility index (Phi) is 3.90. The van der Waals surface area contributed by atoms with Crippen molar-refractivity contribution in [1.29, 1.82) is 0 Å². The third kappa shape index (κ3) is 3.75. The van der Waals surface area contributed by atoms with E-state index in [-0.39, 0.29) is 5.78 Å². The van der Waals surface area contributed by atoms with Crippen LogP contribution in [0.4, 0.5) is 0 Å². The molecule has 2 heterocycles. The Labute approximate surface area is 98.7 Å². The number of hydrogen-bond acceptors (Lipinski definition) is 4. The standard InChI is InChI=1S/C11H14N5O/c17-10(9-16-7-2-1-3-8-16)5-4-6-11-12-14-15-13-11/h1-3,7-8H,4-6,9H2,(H,12,13,14,15)/q+1. The molecule has 0 aliphatic heterocycles. The average molecular weight is 232 g/mol. The molecule has 0 fully saturated rings. The zero-order chi connectivity index (χ0) is 11.9. The van der Waals surface area contributed by atoms with Crippen molar-refractivity contribution in [2.24, 2.45) is 0 Å². The number of hydrogen-bond donors (Lipinski definition) is 1. The maximum absolute atomic E-state index is 11.7. The van der Waals surface area contributed by atoms with E-state index in [9.17, 15) is 4.79 Å². The van der Waals surface area contributed by atoms with Crippen LogP contribution in [0.1, 0.15) is 18.7 Å². The summed E-state index contributed by atoms with van der Waals surface area (Å²) in [4.78, 5) is 11.7. The van der Waals surface area contributed by atoms with Crippen LogP contribution in [0.25, 0.3) is 0 Å². The summed E-state index contributed by atoms with van der Waals surface area (Å²) >= 11 is 0. The van der Waals surface area contributed by atoms with Gasteiger partial charge in [0, 0.05) is 25.0 Å². The Balaban J connectivity index is 1.71. The Bertz CT molecular complexity index is 454. The summed E-state index contributed by atoms with van der Waals surface area (Å²) in [5.74, 6) is 0.870. The highest BCUT2D eigenvalue weighted by Gasteiger charge is 2.09. The second-order valence-electron chi connectivity index (χ2n) is 3.77. The normalized spacial score (nSPS) is 10.4. The minimum Gasteiger partial charge on any atom is -0.293 e. The number of nitrogens with zero attached hydrogens (tertiary/aromatic N) is 4. The predicted molar refractivity (Wildman–Crippen MR) is 58.8 cm³/mol. The van der Waals surface area contributed by atoms with Crippen LogP contribution < -0.4 is 4.57 Å². The van der Waals surface area contributed by atoms with Crippen molar-refractivity contribution < 1.29 is 9.36 Å². The van der Waals surface area contributed by atoms with Crippen LogP contribution in [0.5, 0.6) is 0 Å². The number of aromatic amines is 1. The van der Waals surface area contributed by atoms with Crippen molar-refractivity contribution in [2.75, 3.05) is 0 Å². The number of tetrazole rings is 1. The number of pyridine rings is 1. The van der Waals surface area contributed by atoms with Crippen LogP contribution in [0.15, 0.2) is 30.6 Å². The molecule has 17 heavy (non-hydrogen) atoms. The fourth-order valence-corrected chi connectivity index (χ4v) is 1.55. The molecule has 0 aliphatic rings. The SMILES string of the molecule is O=C(CCCc1nn[nH]n1)C[n+]1ccccc1. The average Bonchev–Trinajstić information content (AvgIpc) is 2.83. The highest BCUT2D eigenvalue weighted by atomic mass is 16.1. The third-order valence-electron chi connectivity index (χ3n) is 2.38. The molecule has 0 spiro atoms. The number of aromatic nitrogens is 5. The topological polar surface area (TPSA) is 75.4 Å². The molecule has 0 atom stereocenters. The lowest BCUT2D eigenvalue weighted by atomic mass is 10.1. The molecule has 2 aromatic rings.